The van der Waals surface area contributed by atoms with E-state index in [0.29, 0.717) is 11.7 Å². The maximum absolute atomic E-state index is 11.2. The zero-order valence-corrected chi connectivity index (χ0v) is 12.1. The zero-order valence-electron chi connectivity index (χ0n) is 12.1. The second kappa shape index (κ2) is 7.29. The van der Waals surface area contributed by atoms with Crippen LogP contribution in [0.4, 0.5) is 11.4 Å². The number of carbonyl (C=O) groups is 1. The van der Waals surface area contributed by atoms with Crippen LogP contribution < -0.4 is 10.6 Å². The fourth-order valence-electron chi connectivity index (χ4n) is 2.98. The van der Waals surface area contributed by atoms with Crippen molar-refractivity contribution in [2.24, 2.45) is 5.92 Å². The number of amides is 1. The van der Waals surface area contributed by atoms with Crippen molar-refractivity contribution < 1.29 is 9.90 Å². The van der Waals surface area contributed by atoms with Gasteiger partial charge in [-0.05, 0) is 37.5 Å². The van der Waals surface area contributed by atoms with E-state index >= 15 is 0 Å². The molecule has 4 nitrogen and oxygen atoms in total. The molecule has 0 aromatic heterocycles. The number of carbonyl (C=O) groups excluding carboxylic acids is 1. The molecule has 1 aromatic carbocycles. The molecule has 0 saturated heterocycles. The van der Waals surface area contributed by atoms with Gasteiger partial charge in [0.25, 0.3) is 0 Å². The second-order valence-corrected chi connectivity index (χ2v) is 5.72. The first kappa shape index (κ1) is 14.9. The van der Waals surface area contributed by atoms with Crippen LogP contribution >= 0.6 is 0 Å². The number of hydrogen-bond donors (Lipinski definition) is 3. The van der Waals surface area contributed by atoms with Crippen LogP contribution in [0.5, 0.6) is 0 Å². The molecular weight excluding hydrogens is 252 g/mol. The van der Waals surface area contributed by atoms with Gasteiger partial charge in [0.05, 0.1) is 0 Å². The number of aliphatic hydroxyl groups excluding tert-OH is 1. The summed E-state index contributed by atoms with van der Waals surface area (Å²) in [5.74, 6) is 0.468. The van der Waals surface area contributed by atoms with E-state index in [2.05, 4.69) is 17.6 Å². The summed E-state index contributed by atoms with van der Waals surface area (Å²) in [5, 5.41) is 14.9. The molecule has 0 radical (unpaired) electrons. The van der Waals surface area contributed by atoms with Crippen LogP contribution in [0.1, 0.15) is 39.0 Å². The Kier molecular flexibility index (Phi) is 5.41. The van der Waals surface area contributed by atoms with E-state index in [9.17, 15) is 4.79 Å². The Morgan fingerprint density at radius 1 is 1.35 bits per heavy atom. The average Bonchev–Trinajstić information content (AvgIpc) is 2.91. The summed E-state index contributed by atoms with van der Waals surface area (Å²) < 4.78 is 0. The summed E-state index contributed by atoms with van der Waals surface area (Å²) in [6.45, 7) is 1.72. The molecular formula is C16H24N2O2. The normalized spacial score (nSPS) is 16.9. The van der Waals surface area contributed by atoms with Crippen molar-refractivity contribution in [1.82, 2.24) is 0 Å². The molecule has 110 valence electrons. The average molecular weight is 276 g/mol. The van der Waals surface area contributed by atoms with E-state index in [0.717, 1.165) is 11.6 Å². The van der Waals surface area contributed by atoms with Gasteiger partial charge >= 0.3 is 0 Å². The third-order valence-electron chi connectivity index (χ3n) is 3.86. The van der Waals surface area contributed by atoms with E-state index < -0.39 is 6.61 Å². The van der Waals surface area contributed by atoms with Crippen molar-refractivity contribution in [3.8, 4) is 0 Å². The van der Waals surface area contributed by atoms with Crippen LogP contribution in [0.3, 0.4) is 0 Å². The Labute approximate surface area is 120 Å². The number of rotatable bonds is 6. The van der Waals surface area contributed by atoms with Crippen molar-refractivity contribution in [3.05, 3.63) is 24.3 Å². The largest absolute Gasteiger partial charge is 0.387 e. The van der Waals surface area contributed by atoms with E-state index in [1.807, 2.05) is 24.3 Å². The van der Waals surface area contributed by atoms with E-state index in [1.165, 1.54) is 32.1 Å². The maximum atomic E-state index is 11.2. The highest BCUT2D eigenvalue weighted by molar-refractivity contribution is 5.91. The highest BCUT2D eigenvalue weighted by Gasteiger charge is 2.17. The molecule has 0 heterocycles. The highest BCUT2D eigenvalue weighted by Crippen LogP contribution is 2.29. The van der Waals surface area contributed by atoms with Gasteiger partial charge in [-0.25, -0.2) is 0 Å². The molecule has 20 heavy (non-hydrogen) atoms. The number of nitrogens with one attached hydrogen (secondary N) is 2. The predicted octanol–water partition coefficient (Wildman–Crippen LogP) is 3.00. The summed E-state index contributed by atoms with van der Waals surface area (Å²) in [6, 6.07) is 8.05. The Balaban J connectivity index is 1.88. The molecule has 0 bridgehead atoms. The van der Waals surface area contributed by atoms with E-state index in [1.54, 1.807) is 0 Å². The molecule has 1 aliphatic carbocycles. The molecule has 3 N–H and O–H groups in total. The van der Waals surface area contributed by atoms with Crippen LogP contribution in [0.2, 0.25) is 0 Å². The molecule has 0 aliphatic heterocycles. The van der Waals surface area contributed by atoms with Crippen LogP contribution in [-0.2, 0) is 4.79 Å². The number of anilines is 2. The number of hydrogen-bond acceptors (Lipinski definition) is 3. The zero-order chi connectivity index (χ0) is 14.4. The Morgan fingerprint density at radius 3 is 2.75 bits per heavy atom. The van der Waals surface area contributed by atoms with Crippen molar-refractivity contribution >= 4 is 17.3 Å². The molecule has 1 unspecified atom stereocenters. The lowest BCUT2D eigenvalue weighted by molar-refractivity contribution is -0.118. The SMILES string of the molecule is CC(CC1CCCC1)Nc1cccc(NC(=O)CO)c1. The summed E-state index contributed by atoms with van der Waals surface area (Å²) in [5.41, 5.74) is 1.72. The lowest BCUT2D eigenvalue weighted by atomic mass is 9.99. The number of aliphatic hydroxyl groups is 1. The lowest BCUT2D eigenvalue weighted by Crippen LogP contribution is -2.19. The second-order valence-electron chi connectivity index (χ2n) is 5.72. The van der Waals surface area contributed by atoms with Gasteiger partial charge in [-0.1, -0.05) is 31.7 Å². The topological polar surface area (TPSA) is 61.4 Å². The van der Waals surface area contributed by atoms with Crippen molar-refractivity contribution in [2.45, 2.75) is 45.1 Å². The summed E-state index contributed by atoms with van der Waals surface area (Å²) in [4.78, 5) is 11.2. The van der Waals surface area contributed by atoms with Crippen LogP contribution in [0, 0.1) is 5.92 Å². The van der Waals surface area contributed by atoms with Crippen molar-refractivity contribution in [3.63, 3.8) is 0 Å². The van der Waals surface area contributed by atoms with Gasteiger partial charge in [0.2, 0.25) is 5.91 Å². The van der Waals surface area contributed by atoms with Crippen LogP contribution in [0.25, 0.3) is 0 Å². The Morgan fingerprint density at radius 2 is 2.05 bits per heavy atom. The monoisotopic (exact) mass is 276 g/mol. The van der Waals surface area contributed by atoms with E-state index in [4.69, 9.17) is 5.11 Å². The number of benzene rings is 1. The molecule has 1 atom stereocenters. The summed E-state index contributed by atoms with van der Waals surface area (Å²) >= 11 is 0. The van der Waals surface area contributed by atoms with Gasteiger partial charge in [0.1, 0.15) is 6.61 Å². The Bertz CT molecular complexity index is 442. The van der Waals surface area contributed by atoms with Crippen LogP contribution in [-0.4, -0.2) is 23.7 Å². The first-order chi connectivity index (χ1) is 9.67. The quantitative estimate of drug-likeness (QED) is 0.748. The Hall–Kier alpha value is -1.55. The van der Waals surface area contributed by atoms with Gasteiger partial charge in [0, 0.05) is 17.4 Å². The smallest absolute Gasteiger partial charge is 0.250 e. The molecule has 1 aliphatic rings. The van der Waals surface area contributed by atoms with Gasteiger partial charge in [-0.2, -0.15) is 0 Å². The van der Waals surface area contributed by atoms with Gasteiger partial charge in [-0.3, -0.25) is 4.79 Å². The van der Waals surface area contributed by atoms with Crippen molar-refractivity contribution in [2.75, 3.05) is 17.2 Å². The minimum absolute atomic E-state index is 0.388. The predicted molar refractivity (Wildman–Crippen MR) is 81.8 cm³/mol. The van der Waals surface area contributed by atoms with E-state index in [-0.39, 0.29) is 5.91 Å². The third kappa shape index (κ3) is 4.53. The molecule has 1 aromatic rings. The molecule has 1 fully saturated rings. The fourth-order valence-corrected chi connectivity index (χ4v) is 2.98. The lowest BCUT2D eigenvalue weighted by Gasteiger charge is -2.19. The maximum Gasteiger partial charge on any atom is 0.250 e. The van der Waals surface area contributed by atoms with Crippen LogP contribution in [0.15, 0.2) is 24.3 Å². The minimum atomic E-state index is -0.490. The third-order valence-corrected chi connectivity index (χ3v) is 3.86. The summed E-state index contributed by atoms with van der Waals surface area (Å²) in [7, 11) is 0. The molecule has 2 rings (SSSR count). The first-order valence-electron chi connectivity index (χ1n) is 7.44. The van der Waals surface area contributed by atoms with Gasteiger partial charge in [-0.15, -0.1) is 0 Å². The van der Waals surface area contributed by atoms with Crippen molar-refractivity contribution in [1.29, 1.82) is 0 Å². The molecule has 4 heteroatoms. The molecule has 1 amide bonds. The molecule has 1 saturated carbocycles. The minimum Gasteiger partial charge on any atom is -0.387 e. The standard InChI is InChI=1S/C16H24N2O2/c1-12(9-13-5-2-3-6-13)17-14-7-4-8-15(10-14)18-16(20)11-19/h4,7-8,10,12-13,17,19H,2-3,5-6,9,11H2,1H3,(H,18,20). The highest BCUT2D eigenvalue weighted by atomic mass is 16.3. The molecule has 0 spiro atoms. The first-order valence-corrected chi connectivity index (χ1v) is 7.44. The summed E-state index contributed by atoms with van der Waals surface area (Å²) in [6.07, 6.45) is 6.67. The van der Waals surface area contributed by atoms with Gasteiger partial charge < -0.3 is 15.7 Å². The fraction of sp³-hybridized carbons (Fsp3) is 0.562. The van der Waals surface area contributed by atoms with Gasteiger partial charge in [0.15, 0.2) is 0 Å².